The van der Waals surface area contributed by atoms with Crippen molar-refractivity contribution in [2.45, 2.75) is 97.0 Å². The van der Waals surface area contributed by atoms with E-state index >= 15 is 0 Å². The summed E-state index contributed by atoms with van der Waals surface area (Å²) in [5.74, 6) is 0.971. The Morgan fingerprint density at radius 1 is 0.800 bits per heavy atom. The van der Waals surface area contributed by atoms with E-state index in [1.54, 1.807) is 11.8 Å². The molecule has 0 aliphatic heterocycles. The van der Waals surface area contributed by atoms with Crippen LogP contribution in [-0.2, 0) is 34.5 Å². The number of thioether (sulfide) groups is 1. The van der Waals surface area contributed by atoms with Gasteiger partial charge in [0.2, 0.25) is 6.49 Å². The molecule has 0 saturated carbocycles. The number of rotatable bonds is 13. The van der Waals surface area contributed by atoms with E-state index in [1.807, 2.05) is 79.7 Å². The van der Waals surface area contributed by atoms with Crippen molar-refractivity contribution in [3.63, 3.8) is 0 Å². The summed E-state index contributed by atoms with van der Waals surface area (Å²) in [5.41, 5.74) is 0.754. The van der Waals surface area contributed by atoms with Crippen LogP contribution in [0, 0.1) is 0 Å². The Balaban J connectivity index is 3.70. The maximum atomic E-state index is 14.3. The van der Waals surface area contributed by atoms with Gasteiger partial charge >= 0.3 is 7.60 Å². The van der Waals surface area contributed by atoms with E-state index in [0.717, 1.165) is 16.2 Å². The predicted molar refractivity (Wildman–Crippen MR) is 132 cm³/mol. The van der Waals surface area contributed by atoms with Gasteiger partial charge in [0, 0.05) is 4.90 Å². The predicted octanol–water partition coefficient (Wildman–Crippen LogP) is 8.00. The maximum Gasteiger partial charge on any atom is 0.348 e. The molecule has 0 radical (unpaired) electrons. The van der Waals surface area contributed by atoms with Gasteiger partial charge in [0.15, 0.2) is 5.40 Å². The Hall–Kier alpha value is 0.290. The lowest BCUT2D eigenvalue weighted by Crippen LogP contribution is -2.18. The fourth-order valence-electron chi connectivity index (χ4n) is 2.90. The molecule has 0 aromatic heterocycles. The zero-order chi connectivity index (χ0) is 23.1. The maximum absolute atomic E-state index is 14.3. The third kappa shape index (κ3) is 8.67. The molecule has 0 bridgehead atoms. The second-order valence-electron chi connectivity index (χ2n) is 8.07. The van der Waals surface area contributed by atoms with Crippen LogP contribution in [-0.4, -0.2) is 30.2 Å². The molecule has 5 nitrogen and oxygen atoms in total. The van der Waals surface area contributed by atoms with Crippen LogP contribution in [0.5, 0.6) is 0 Å². The van der Waals surface area contributed by atoms with E-state index < -0.39 is 19.5 Å². The van der Waals surface area contributed by atoms with Crippen molar-refractivity contribution in [2.75, 3.05) is 5.75 Å². The molecule has 1 unspecified atom stereocenters. The molecule has 1 aromatic carbocycles. The summed E-state index contributed by atoms with van der Waals surface area (Å²) >= 11 is 7.77. The monoisotopic (exact) mass is 496 g/mol. The molecule has 174 valence electrons. The molecule has 1 aromatic rings. The molecule has 0 saturated heterocycles. The first-order valence-electron chi connectivity index (χ1n) is 10.5. The number of benzene rings is 1. The highest BCUT2D eigenvalue weighted by molar-refractivity contribution is 8.12. The number of hydrogen-bond acceptors (Lipinski definition) is 7. The van der Waals surface area contributed by atoms with Crippen molar-refractivity contribution >= 4 is 37.7 Å². The van der Waals surface area contributed by atoms with Crippen LogP contribution < -0.4 is 0 Å². The van der Waals surface area contributed by atoms with Crippen molar-refractivity contribution < 1.29 is 22.7 Å². The highest BCUT2D eigenvalue weighted by Crippen LogP contribution is 2.80. The van der Waals surface area contributed by atoms with Gasteiger partial charge in [0.25, 0.3) is 0 Å². The van der Waals surface area contributed by atoms with Gasteiger partial charge in [-0.2, -0.15) is 0 Å². The highest BCUT2D eigenvalue weighted by atomic mass is 32.5. The molecule has 1 rings (SSSR count). The third-order valence-electron chi connectivity index (χ3n) is 3.52. The lowest BCUT2D eigenvalue weighted by atomic mass is 10.2. The Bertz CT molecular complexity index is 669. The molecule has 0 spiro atoms. The van der Waals surface area contributed by atoms with Crippen LogP contribution in [0.25, 0.3) is 0 Å². The zero-order valence-electron chi connectivity index (χ0n) is 19.7. The summed E-state index contributed by atoms with van der Waals surface area (Å²) < 4.78 is 38.7. The molecule has 0 amide bonds. The van der Waals surface area contributed by atoms with Gasteiger partial charge in [-0.25, -0.2) is 0 Å². The SMILES string of the molecule is CCSc1ccc(C(P(=O)(OC(C)C)OC(C)C)P(=S)(OC(C)C)OC(C)C)cc1. The second-order valence-corrected chi connectivity index (χ2v) is 15.4. The average Bonchev–Trinajstić information content (AvgIpc) is 2.53. The molecular formula is C21H38O5P2S2. The molecule has 0 aliphatic rings. The fraction of sp³-hybridized carbons (Fsp3) is 0.714. The lowest BCUT2D eigenvalue weighted by molar-refractivity contribution is 0.134. The average molecular weight is 497 g/mol. The van der Waals surface area contributed by atoms with Gasteiger partial charge in [-0.3, -0.25) is 4.57 Å². The van der Waals surface area contributed by atoms with Crippen LogP contribution in [0.3, 0.4) is 0 Å². The van der Waals surface area contributed by atoms with Gasteiger partial charge in [-0.1, -0.05) is 19.1 Å². The second kappa shape index (κ2) is 12.5. The van der Waals surface area contributed by atoms with Crippen LogP contribution in [0.1, 0.15) is 73.3 Å². The van der Waals surface area contributed by atoms with Crippen molar-refractivity contribution in [3.05, 3.63) is 29.8 Å². The van der Waals surface area contributed by atoms with Gasteiger partial charge < -0.3 is 18.1 Å². The van der Waals surface area contributed by atoms with E-state index in [2.05, 4.69) is 6.92 Å². The van der Waals surface area contributed by atoms with Crippen molar-refractivity contribution in [1.82, 2.24) is 0 Å². The molecule has 1 atom stereocenters. The van der Waals surface area contributed by atoms with Crippen LogP contribution >= 0.6 is 25.8 Å². The molecule has 30 heavy (non-hydrogen) atoms. The Morgan fingerprint density at radius 2 is 1.20 bits per heavy atom. The van der Waals surface area contributed by atoms with Crippen LogP contribution in [0.15, 0.2) is 29.2 Å². The topological polar surface area (TPSA) is 54.0 Å². The minimum Gasteiger partial charge on any atom is -0.326 e. The lowest BCUT2D eigenvalue weighted by Gasteiger charge is -2.38. The first-order chi connectivity index (χ1) is 13.8. The molecule has 9 heteroatoms. The van der Waals surface area contributed by atoms with E-state index in [9.17, 15) is 4.57 Å². The summed E-state index contributed by atoms with van der Waals surface area (Å²) in [6.45, 7) is 14.0. The summed E-state index contributed by atoms with van der Waals surface area (Å²) in [4.78, 5) is 1.13. The minimum atomic E-state index is -3.74. The first kappa shape index (κ1) is 28.3. The Labute approximate surface area is 192 Å². The molecule has 0 heterocycles. The van der Waals surface area contributed by atoms with Crippen molar-refractivity contribution in [2.24, 2.45) is 0 Å². The van der Waals surface area contributed by atoms with Gasteiger partial charge in [0.1, 0.15) is 0 Å². The largest absolute Gasteiger partial charge is 0.348 e. The van der Waals surface area contributed by atoms with Gasteiger partial charge in [0.05, 0.1) is 24.4 Å². The zero-order valence-corrected chi connectivity index (χ0v) is 23.1. The Morgan fingerprint density at radius 3 is 1.53 bits per heavy atom. The van der Waals surface area contributed by atoms with Gasteiger partial charge in [-0.15, -0.1) is 11.8 Å². The standard InChI is InChI=1S/C21H38O5P2S2/c1-10-30-20-13-11-19(12-14-20)21(27(22,23-15(2)3)24-16(4)5)28(29,25-17(6)7)26-18(8)9/h11-18,21H,10H2,1-9H3. The quantitative estimate of drug-likeness (QED) is 0.202. The van der Waals surface area contributed by atoms with E-state index in [-0.39, 0.29) is 24.4 Å². The van der Waals surface area contributed by atoms with Crippen LogP contribution in [0.2, 0.25) is 0 Å². The molecule has 0 N–H and O–H groups in total. The summed E-state index contributed by atoms with van der Waals surface area (Å²) in [6.07, 6.45) is -1.01. The minimum absolute atomic E-state index is 0.196. The third-order valence-corrected chi connectivity index (χ3v) is 12.4. The van der Waals surface area contributed by atoms with E-state index in [0.29, 0.717) is 0 Å². The molecule has 0 aliphatic carbocycles. The van der Waals surface area contributed by atoms with Crippen LogP contribution in [0.4, 0.5) is 0 Å². The molecular weight excluding hydrogens is 458 g/mol. The summed E-state index contributed by atoms with van der Waals surface area (Å²) in [7, 11) is -3.74. The van der Waals surface area contributed by atoms with Crippen molar-refractivity contribution in [3.8, 4) is 0 Å². The first-order valence-corrected chi connectivity index (χ1v) is 15.8. The van der Waals surface area contributed by atoms with Crippen molar-refractivity contribution in [1.29, 1.82) is 0 Å². The number of hydrogen-bond donors (Lipinski definition) is 0. The molecule has 0 fully saturated rings. The van der Waals surface area contributed by atoms with Gasteiger partial charge in [-0.05, 0) is 90.6 Å². The highest BCUT2D eigenvalue weighted by Gasteiger charge is 2.50. The summed E-state index contributed by atoms with van der Waals surface area (Å²) in [6, 6.07) is 7.90. The Kier molecular flexibility index (Phi) is 11.8. The summed E-state index contributed by atoms with van der Waals surface area (Å²) in [5, 5.41) is -0.824. The normalized spacial score (nSPS) is 14.3. The van der Waals surface area contributed by atoms with E-state index in [1.165, 1.54) is 0 Å². The smallest absolute Gasteiger partial charge is 0.326 e. The van der Waals surface area contributed by atoms with E-state index in [4.69, 9.17) is 29.9 Å². The fourth-order valence-corrected chi connectivity index (χ4v) is 12.0.